The minimum Gasteiger partial charge on any atom is 0 e. The third kappa shape index (κ3) is 15.6. The molecule has 0 fully saturated rings. The van der Waals surface area contributed by atoms with E-state index in [1.807, 2.05) is 12.1 Å². The zero-order chi connectivity index (χ0) is 20.3. The van der Waals surface area contributed by atoms with Crippen molar-refractivity contribution in [3.63, 3.8) is 0 Å². The molecule has 0 aromatic heterocycles. The van der Waals surface area contributed by atoms with Gasteiger partial charge in [0.1, 0.15) is 5.75 Å². The van der Waals surface area contributed by atoms with E-state index in [0.29, 0.717) is 30.5 Å². The first-order chi connectivity index (χ1) is 13.1. The van der Waals surface area contributed by atoms with E-state index in [1.165, 1.54) is 0 Å². The van der Waals surface area contributed by atoms with Crippen LogP contribution in [0.1, 0.15) is 39.5 Å². The van der Waals surface area contributed by atoms with E-state index in [9.17, 15) is 5.11 Å². The summed E-state index contributed by atoms with van der Waals surface area (Å²) in [6, 6.07) is 13.9. The van der Waals surface area contributed by atoms with Crippen LogP contribution in [0.5, 0.6) is 23.0 Å². The van der Waals surface area contributed by atoms with Crippen molar-refractivity contribution in [3.8, 4) is 23.0 Å². The maximum absolute atomic E-state index is 9.74. The molecule has 2 aromatic rings. The summed E-state index contributed by atoms with van der Waals surface area (Å²) in [6.45, 7) is 5.49. The molecular weight excluding hydrogens is 471 g/mol. The van der Waals surface area contributed by atoms with E-state index in [1.54, 1.807) is 36.4 Å². The van der Waals surface area contributed by atoms with Crippen LogP contribution in [0.15, 0.2) is 48.5 Å². The first-order valence-electron chi connectivity index (χ1n) is 8.88. The molecule has 0 atom stereocenters. The SMILES string of the molecule is CCCCOc1cccc(O)c1OCCCC.Oc1ccccc1.[Cl][Ti][Cl].[Ti]. The second-order valence-corrected chi connectivity index (χ2v) is 7.99. The molecule has 0 spiro atoms. The molecule has 0 aliphatic rings. The first-order valence-corrected chi connectivity index (χ1v) is 13.2. The molecule has 28 heavy (non-hydrogen) atoms. The smallest absolute Gasteiger partial charge is 0 e. The van der Waals surface area contributed by atoms with Crippen LogP contribution in [0.4, 0.5) is 0 Å². The van der Waals surface area contributed by atoms with Gasteiger partial charge in [0.2, 0.25) is 5.75 Å². The standard InChI is InChI=1S/C14H22O3.C6H6O.2ClH.2Ti/c1-3-5-10-16-13-9-7-8-12(15)14(13)17-11-6-4-2;7-6-4-2-1-3-5-6;;;;/h7-9,15H,3-6,10-11H2,1-2H3;1-5,7H;2*1H;;/q;;;;;+2/p-2. The van der Waals surface area contributed by atoms with E-state index in [0.717, 1.165) is 25.7 Å². The Bertz CT molecular complexity index is 590. The van der Waals surface area contributed by atoms with Crippen LogP contribution < -0.4 is 9.47 Å². The van der Waals surface area contributed by atoms with Crippen molar-refractivity contribution in [3.05, 3.63) is 48.5 Å². The number of para-hydroxylation sites is 2. The van der Waals surface area contributed by atoms with Gasteiger partial charge in [0.15, 0.2) is 11.5 Å². The van der Waals surface area contributed by atoms with Crippen molar-refractivity contribution in [1.29, 1.82) is 0 Å². The largest absolute Gasteiger partial charge is 0 e. The molecule has 0 radical (unpaired) electrons. The van der Waals surface area contributed by atoms with Crippen LogP contribution in [0.2, 0.25) is 0 Å². The quantitative estimate of drug-likeness (QED) is 0.321. The molecule has 4 nitrogen and oxygen atoms in total. The van der Waals surface area contributed by atoms with E-state index in [4.69, 9.17) is 33.2 Å². The number of aromatic hydroxyl groups is 2. The van der Waals surface area contributed by atoms with Gasteiger partial charge in [0.05, 0.1) is 13.2 Å². The van der Waals surface area contributed by atoms with Gasteiger partial charge in [-0.2, -0.15) is 0 Å². The average Bonchev–Trinajstić information content (AvgIpc) is 2.66. The molecule has 0 aliphatic heterocycles. The zero-order valence-electron chi connectivity index (χ0n) is 16.3. The number of halogens is 2. The van der Waals surface area contributed by atoms with Gasteiger partial charge in [-0.15, -0.1) is 0 Å². The second-order valence-electron chi connectivity index (χ2n) is 5.42. The number of phenols is 2. The summed E-state index contributed by atoms with van der Waals surface area (Å²) in [5, 5.41) is 18.4. The number of benzene rings is 2. The molecule has 2 aromatic carbocycles. The van der Waals surface area contributed by atoms with Crippen molar-refractivity contribution >= 4 is 18.6 Å². The van der Waals surface area contributed by atoms with Crippen molar-refractivity contribution in [2.24, 2.45) is 0 Å². The Morgan fingerprint density at radius 1 is 0.821 bits per heavy atom. The molecule has 154 valence electrons. The number of phenolic OH excluding ortho intramolecular Hbond substituents is 2. The van der Waals surface area contributed by atoms with E-state index >= 15 is 0 Å². The van der Waals surface area contributed by atoms with Gasteiger partial charge in [0, 0.05) is 21.7 Å². The third-order valence-electron chi connectivity index (χ3n) is 3.21. The Morgan fingerprint density at radius 3 is 1.82 bits per heavy atom. The predicted octanol–water partition coefficient (Wildman–Crippen LogP) is 6.52. The molecule has 0 saturated heterocycles. The Hall–Kier alpha value is -0.351. The number of hydrogen-bond donors (Lipinski definition) is 2. The van der Waals surface area contributed by atoms with Crippen molar-refractivity contribution in [1.82, 2.24) is 0 Å². The summed E-state index contributed by atoms with van der Waals surface area (Å²) in [5.41, 5.74) is 0. The Balaban J connectivity index is 0. The molecular formula is C20H28Cl2O4Ti2. The summed E-state index contributed by atoms with van der Waals surface area (Å²) in [5.74, 6) is 1.57. The fourth-order valence-corrected chi connectivity index (χ4v) is 1.84. The van der Waals surface area contributed by atoms with Gasteiger partial charge in [0.25, 0.3) is 0 Å². The predicted molar refractivity (Wildman–Crippen MR) is 109 cm³/mol. The minimum absolute atomic E-state index is 0. The van der Waals surface area contributed by atoms with Gasteiger partial charge in [-0.25, -0.2) is 0 Å². The molecule has 0 unspecified atom stereocenters. The molecule has 0 aliphatic carbocycles. The van der Waals surface area contributed by atoms with Crippen LogP contribution in [0.25, 0.3) is 0 Å². The topological polar surface area (TPSA) is 58.9 Å². The fourth-order valence-electron chi connectivity index (χ4n) is 1.84. The first kappa shape index (κ1) is 29.8. The summed E-state index contributed by atoms with van der Waals surface area (Å²) in [4.78, 5) is 0. The molecule has 2 N–H and O–H groups in total. The van der Waals surface area contributed by atoms with E-state index in [2.05, 4.69) is 13.8 Å². The monoisotopic (exact) mass is 498 g/mol. The average molecular weight is 499 g/mol. The van der Waals surface area contributed by atoms with Crippen molar-refractivity contribution in [2.75, 3.05) is 13.2 Å². The number of hydrogen-bond acceptors (Lipinski definition) is 4. The zero-order valence-corrected chi connectivity index (χ0v) is 21.0. The summed E-state index contributed by atoms with van der Waals surface area (Å²) in [7, 11) is 9.78. The molecule has 0 amide bonds. The maximum Gasteiger partial charge on any atom is 0 e. The van der Waals surface area contributed by atoms with Crippen molar-refractivity contribution < 1.29 is 58.4 Å². The third-order valence-corrected chi connectivity index (χ3v) is 3.21. The number of rotatable bonds is 8. The van der Waals surface area contributed by atoms with Gasteiger partial charge in [-0.05, 0) is 37.1 Å². The fraction of sp³-hybridized carbons (Fsp3) is 0.400. The normalized spacial score (nSPS) is 8.86. The number of unbranched alkanes of at least 4 members (excludes halogenated alkanes) is 2. The van der Waals surface area contributed by atoms with Crippen LogP contribution >= 0.6 is 18.6 Å². The van der Waals surface area contributed by atoms with Gasteiger partial charge < -0.3 is 19.7 Å². The summed E-state index contributed by atoms with van der Waals surface area (Å²) < 4.78 is 11.2. The molecule has 0 saturated carbocycles. The van der Waals surface area contributed by atoms with Crippen LogP contribution in [-0.2, 0) is 38.7 Å². The van der Waals surface area contributed by atoms with Crippen LogP contribution in [-0.4, -0.2) is 23.4 Å². The van der Waals surface area contributed by atoms with E-state index < -0.39 is 17.0 Å². The maximum atomic E-state index is 9.74. The second kappa shape index (κ2) is 21.4. The van der Waals surface area contributed by atoms with Crippen LogP contribution in [0, 0.1) is 0 Å². The molecule has 0 bridgehead atoms. The molecule has 0 heterocycles. The van der Waals surface area contributed by atoms with Crippen molar-refractivity contribution in [2.45, 2.75) is 39.5 Å². The van der Waals surface area contributed by atoms with Gasteiger partial charge in [-0.3, -0.25) is 0 Å². The van der Waals surface area contributed by atoms with Gasteiger partial charge in [-0.1, -0.05) is 51.0 Å². The minimum atomic E-state index is -0.556. The summed E-state index contributed by atoms with van der Waals surface area (Å²) >= 11 is -0.556. The van der Waals surface area contributed by atoms with Crippen LogP contribution in [0.3, 0.4) is 0 Å². The van der Waals surface area contributed by atoms with Gasteiger partial charge >= 0.3 is 35.6 Å². The Kier molecular flexibility index (Phi) is 22.8. The summed E-state index contributed by atoms with van der Waals surface area (Å²) in [6.07, 6.45) is 4.14. The number of ether oxygens (including phenoxy) is 2. The Labute approximate surface area is 200 Å². The van der Waals surface area contributed by atoms with E-state index in [-0.39, 0.29) is 27.5 Å². The molecule has 8 heteroatoms. The Morgan fingerprint density at radius 2 is 1.36 bits per heavy atom. The molecule has 2 rings (SSSR count).